The number of unbranched alkanes of at least 4 members (excludes halogenated alkanes) is 7. The Morgan fingerprint density at radius 3 is 1.77 bits per heavy atom. The molecule has 71 heavy (non-hydrogen) atoms. The lowest BCUT2D eigenvalue weighted by Gasteiger charge is -2.13. The van der Waals surface area contributed by atoms with Crippen LogP contribution in [0.5, 0.6) is 0 Å². The van der Waals surface area contributed by atoms with E-state index in [1.807, 2.05) is 33.8 Å². The Balaban J connectivity index is -0.00000104. The fourth-order valence-electron chi connectivity index (χ4n) is 8.86. The Kier molecular flexibility index (Phi) is 59.3. The quantitative estimate of drug-likeness (QED) is 0.0342. The minimum atomic E-state index is -0.188. The molecule has 0 bridgehead atoms. The number of ether oxygens (including phenoxy) is 4. The first-order chi connectivity index (χ1) is 34.6. The van der Waals surface area contributed by atoms with Crippen molar-refractivity contribution in [2.45, 2.75) is 300 Å². The third-order valence-electron chi connectivity index (χ3n) is 13.3. The van der Waals surface area contributed by atoms with Gasteiger partial charge in [0.05, 0.1) is 13.2 Å². The van der Waals surface area contributed by atoms with Gasteiger partial charge >= 0.3 is 17.9 Å². The molecule has 2 atom stereocenters. The lowest BCUT2D eigenvalue weighted by molar-refractivity contribution is -0.145. The highest BCUT2D eigenvalue weighted by molar-refractivity contribution is 5.80. The smallest absolute Gasteiger partial charge is 0.310 e. The molecule has 2 unspecified atom stereocenters. The number of hydrogen-bond acceptors (Lipinski definition) is 9. The number of aldehydes is 1. The summed E-state index contributed by atoms with van der Waals surface area (Å²) in [6.07, 6.45) is 42.9. The van der Waals surface area contributed by atoms with Crippen LogP contribution in [0.3, 0.4) is 0 Å². The van der Waals surface area contributed by atoms with E-state index >= 15 is 0 Å². The van der Waals surface area contributed by atoms with Gasteiger partial charge in [0.2, 0.25) is 0 Å². The van der Waals surface area contributed by atoms with Crippen LogP contribution in [0, 0.1) is 17.8 Å². The molecular weight excluding hydrogens is 889 g/mol. The lowest BCUT2D eigenvalue weighted by Crippen LogP contribution is -2.13. The Morgan fingerprint density at radius 1 is 0.620 bits per heavy atom. The number of Topliss-reactive ketones (excluding diaryl/α,β-unsaturated/α-hetero) is 1. The van der Waals surface area contributed by atoms with E-state index in [0.29, 0.717) is 68.7 Å². The van der Waals surface area contributed by atoms with Gasteiger partial charge in [-0.1, -0.05) is 209 Å². The maximum absolute atomic E-state index is 12.3. The number of methoxy groups -OCH3 is 1. The molecule has 418 valence electrons. The average Bonchev–Trinajstić information content (AvgIpc) is 3.37. The number of rotatable bonds is 27. The largest absolute Gasteiger partial charge is 0.466 e. The number of carbonyl (C=O) groups is 5. The molecule has 0 spiro atoms. The summed E-state index contributed by atoms with van der Waals surface area (Å²) in [6.45, 7) is 21.2. The molecule has 1 saturated heterocycles. The fraction of sp³-hybridized carbons (Fsp3) is 0.855. The second-order valence-corrected chi connectivity index (χ2v) is 19.6. The van der Waals surface area contributed by atoms with Gasteiger partial charge in [-0.05, 0) is 82.1 Å². The van der Waals surface area contributed by atoms with Crippen LogP contribution in [0.4, 0.5) is 0 Å². The highest BCUT2D eigenvalue weighted by atomic mass is 16.5. The molecule has 1 aliphatic heterocycles. The predicted octanol–water partition coefficient (Wildman–Crippen LogP) is 18.3. The third kappa shape index (κ3) is 50.5. The summed E-state index contributed by atoms with van der Waals surface area (Å²) in [4.78, 5) is 58.2. The minimum Gasteiger partial charge on any atom is -0.466 e. The fourth-order valence-corrected chi connectivity index (χ4v) is 8.86. The molecular formula is C62H116O9. The van der Waals surface area contributed by atoms with Crippen LogP contribution in [0.15, 0.2) is 23.5 Å². The second kappa shape index (κ2) is 58.1. The summed E-state index contributed by atoms with van der Waals surface area (Å²) in [5.41, 5.74) is 1.08. The zero-order chi connectivity index (χ0) is 53.4. The normalized spacial score (nSPS) is 16.7. The van der Waals surface area contributed by atoms with Crippen LogP contribution >= 0.6 is 0 Å². The standard InChI is InChI=1S/C27H44O5.C21H38O3.C10H22O.2C2H6/c1-3-4-5-9-12-23(2)20-22-31-26(29)13-10-7-6-8-11-14-27(30)32-25-17-15-24(16-18-25)19-21-28;1-2-19-15-11-7-4-3-5-10-14-18-24-21(23)17-13-9-6-8-12-16-20(19)22;1-4-6-10(7-5-2)8-9-11-3;2*1-2/h15,17,21,23H,3-14,16,18-20,22H2,1-2H3;19H,2-18H2,1H3;10H,4-9H2,1-3H3;2*1-2H3. The van der Waals surface area contributed by atoms with E-state index in [9.17, 15) is 24.0 Å². The van der Waals surface area contributed by atoms with Gasteiger partial charge in [0, 0.05) is 58.2 Å². The zero-order valence-electron chi connectivity index (χ0n) is 48.4. The minimum absolute atomic E-state index is 0.0367. The number of cyclic esters (lactones) is 1. The highest BCUT2D eigenvalue weighted by Gasteiger charge is 2.16. The molecule has 2 aliphatic rings. The SMILES string of the molecule is CC.CC.CCC1CCCCCCCCCOC(=O)CCCCCCCC1=O.CCCC(CCC)CCOC.CCCCCCC(C)CCOC(=O)CCCCCCCC(=O)OC1=CC=C(CC=O)CC1. The number of esters is 3. The lowest BCUT2D eigenvalue weighted by atomic mass is 9.91. The maximum Gasteiger partial charge on any atom is 0.310 e. The number of hydrogen-bond donors (Lipinski definition) is 0. The van der Waals surface area contributed by atoms with Crippen molar-refractivity contribution in [2.75, 3.05) is 26.9 Å². The van der Waals surface area contributed by atoms with E-state index in [1.54, 1.807) is 13.2 Å². The van der Waals surface area contributed by atoms with Gasteiger partial charge in [-0.15, -0.1) is 0 Å². The number of allylic oxidation sites excluding steroid dienone is 4. The van der Waals surface area contributed by atoms with Crippen LogP contribution in [0.25, 0.3) is 0 Å². The average molecular weight is 1010 g/mol. The van der Waals surface area contributed by atoms with E-state index in [-0.39, 0.29) is 17.9 Å². The van der Waals surface area contributed by atoms with Gasteiger partial charge in [-0.25, -0.2) is 0 Å². The van der Waals surface area contributed by atoms with Gasteiger partial charge in [-0.2, -0.15) is 0 Å². The van der Waals surface area contributed by atoms with Gasteiger partial charge in [-0.3, -0.25) is 19.2 Å². The molecule has 2 rings (SSSR count). The van der Waals surface area contributed by atoms with Crippen molar-refractivity contribution in [2.24, 2.45) is 17.8 Å². The van der Waals surface area contributed by atoms with Crippen LogP contribution in [0.1, 0.15) is 300 Å². The summed E-state index contributed by atoms with van der Waals surface area (Å²) >= 11 is 0. The number of carbonyl (C=O) groups excluding carboxylic acids is 5. The summed E-state index contributed by atoms with van der Waals surface area (Å²) in [6, 6.07) is 0. The molecule has 0 amide bonds. The second-order valence-electron chi connectivity index (χ2n) is 19.6. The molecule has 0 aromatic heterocycles. The Hall–Kier alpha value is -2.81. The van der Waals surface area contributed by atoms with Crippen LogP contribution < -0.4 is 0 Å². The van der Waals surface area contributed by atoms with Crippen molar-refractivity contribution in [1.82, 2.24) is 0 Å². The predicted molar refractivity (Wildman–Crippen MR) is 299 cm³/mol. The maximum atomic E-state index is 12.3. The van der Waals surface area contributed by atoms with Gasteiger partial charge in [0.15, 0.2) is 0 Å². The first-order valence-corrected chi connectivity index (χ1v) is 30.0. The van der Waals surface area contributed by atoms with Crippen molar-refractivity contribution >= 4 is 30.0 Å². The summed E-state index contributed by atoms with van der Waals surface area (Å²) < 4.78 is 21.1. The summed E-state index contributed by atoms with van der Waals surface area (Å²) in [7, 11) is 1.79. The molecule has 0 aromatic carbocycles. The van der Waals surface area contributed by atoms with E-state index in [2.05, 4.69) is 34.6 Å². The first-order valence-electron chi connectivity index (χ1n) is 30.0. The van der Waals surface area contributed by atoms with Crippen molar-refractivity contribution in [3.05, 3.63) is 23.5 Å². The zero-order valence-corrected chi connectivity index (χ0v) is 48.4. The first kappa shape index (κ1) is 72.4. The van der Waals surface area contributed by atoms with Crippen molar-refractivity contribution in [3.63, 3.8) is 0 Å². The summed E-state index contributed by atoms with van der Waals surface area (Å²) in [5, 5.41) is 0. The van der Waals surface area contributed by atoms with Gasteiger partial charge < -0.3 is 23.7 Å². The number of ketones is 1. The van der Waals surface area contributed by atoms with E-state index in [0.717, 1.165) is 134 Å². The van der Waals surface area contributed by atoms with Gasteiger partial charge in [0.1, 0.15) is 17.8 Å². The Labute approximate surface area is 439 Å². The molecule has 1 fully saturated rings. The Morgan fingerprint density at radius 2 is 1.20 bits per heavy atom. The highest BCUT2D eigenvalue weighted by Crippen LogP contribution is 2.23. The molecule has 0 saturated carbocycles. The topological polar surface area (TPSA) is 122 Å². The summed E-state index contributed by atoms with van der Waals surface area (Å²) in [5.74, 6) is 2.69. The molecule has 9 nitrogen and oxygen atoms in total. The van der Waals surface area contributed by atoms with Crippen LogP contribution in [0.2, 0.25) is 0 Å². The molecule has 0 radical (unpaired) electrons. The van der Waals surface area contributed by atoms with Crippen molar-refractivity contribution < 1.29 is 42.9 Å². The monoisotopic (exact) mass is 1000 g/mol. The molecule has 0 N–H and O–H groups in total. The van der Waals surface area contributed by atoms with Gasteiger partial charge in [0.25, 0.3) is 0 Å². The molecule has 1 heterocycles. The molecule has 9 heteroatoms. The van der Waals surface area contributed by atoms with E-state index < -0.39 is 0 Å². The van der Waals surface area contributed by atoms with Crippen LogP contribution in [-0.2, 0) is 42.9 Å². The van der Waals surface area contributed by atoms with Crippen LogP contribution in [-0.4, -0.2) is 56.9 Å². The van der Waals surface area contributed by atoms with Crippen molar-refractivity contribution in [3.8, 4) is 0 Å². The third-order valence-corrected chi connectivity index (χ3v) is 13.3. The Bertz CT molecular complexity index is 1270. The van der Waals surface area contributed by atoms with E-state index in [4.69, 9.17) is 18.9 Å². The molecule has 0 aromatic rings. The van der Waals surface area contributed by atoms with E-state index in [1.165, 1.54) is 96.3 Å². The molecule has 1 aliphatic carbocycles. The van der Waals surface area contributed by atoms with Crippen molar-refractivity contribution in [1.29, 1.82) is 0 Å².